The summed E-state index contributed by atoms with van der Waals surface area (Å²) in [4.78, 5) is 11.0. The van der Waals surface area contributed by atoms with Crippen LogP contribution in [-0.4, -0.2) is 19.2 Å². The number of rotatable bonds is 5. The lowest BCUT2D eigenvalue weighted by Gasteiger charge is -2.07. The summed E-state index contributed by atoms with van der Waals surface area (Å²) >= 11 is 0. The monoisotopic (exact) mass is 220 g/mol. The van der Waals surface area contributed by atoms with Crippen molar-refractivity contribution < 1.29 is 14.3 Å². The number of esters is 1. The molecule has 1 aromatic carbocycles. The van der Waals surface area contributed by atoms with E-state index in [4.69, 9.17) is 9.47 Å². The van der Waals surface area contributed by atoms with Gasteiger partial charge in [0.25, 0.3) is 0 Å². The van der Waals surface area contributed by atoms with Crippen LogP contribution in [0.2, 0.25) is 0 Å². The molecule has 16 heavy (non-hydrogen) atoms. The Labute approximate surface area is 95.7 Å². The molecular formula is C13H16O3. The Bertz CT molecular complexity index is 365. The van der Waals surface area contributed by atoms with Gasteiger partial charge in [-0.2, -0.15) is 0 Å². The first kappa shape index (κ1) is 12.3. The number of ether oxygens (including phenoxy) is 2. The summed E-state index contributed by atoms with van der Waals surface area (Å²) in [5, 5.41) is 0. The zero-order valence-electron chi connectivity index (χ0n) is 9.66. The van der Waals surface area contributed by atoms with E-state index in [0.29, 0.717) is 12.2 Å². The van der Waals surface area contributed by atoms with E-state index in [2.05, 4.69) is 6.58 Å². The van der Waals surface area contributed by atoms with Gasteiger partial charge < -0.3 is 9.47 Å². The molecule has 0 spiro atoms. The molecule has 0 bridgehead atoms. The van der Waals surface area contributed by atoms with Crippen molar-refractivity contribution >= 4 is 5.97 Å². The zero-order valence-corrected chi connectivity index (χ0v) is 9.66. The fraction of sp³-hybridized carbons (Fsp3) is 0.308. The van der Waals surface area contributed by atoms with E-state index in [1.54, 1.807) is 6.92 Å². The minimum Gasteiger partial charge on any atom is -0.490 e. The molecule has 86 valence electrons. The van der Waals surface area contributed by atoms with Gasteiger partial charge >= 0.3 is 5.97 Å². The molecule has 0 saturated carbocycles. The highest BCUT2D eigenvalue weighted by Crippen LogP contribution is 2.10. The van der Waals surface area contributed by atoms with Crippen molar-refractivity contribution in [2.75, 3.05) is 13.2 Å². The Morgan fingerprint density at radius 1 is 1.25 bits per heavy atom. The van der Waals surface area contributed by atoms with Crippen LogP contribution in [0.4, 0.5) is 0 Å². The summed E-state index contributed by atoms with van der Waals surface area (Å²) < 4.78 is 10.3. The Balaban J connectivity index is 2.23. The fourth-order valence-electron chi connectivity index (χ4n) is 1.05. The standard InChI is InChI=1S/C13H16O3/c1-10(2)13(14)16-9-8-15-12-6-4-11(3)5-7-12/h4-7H,1,8-9H2,2-3H3. The molecule has 1 rings (SSSR count). The second kappa shape index (κ2) is 5.95. The van der Waals surface area contributed by atoms with Crippen LogP contribution >= 0.6 is 0 Å². The maximum absolute atomic E-state index is 11.0. The summed E-state index contributed by atoms with van der Waals surface area (Å²) in [6.45, 7) is 7.70. The number of carbonyl (C=O) groups is 1. The Morgan fingerprint density at radius 3 is 2.44 bits per heavy atom. The van der Waals surface area contributed by atoms with Gasteiger partial charge in [0.2, 0.25) is 0 Å². The smallest absolute Gasteiger partial charge is 0.333 e. The second-order valence-corrected chi connectivity index (χ2v) is 3.58. The molecule has 0 saturated heterocycles. The predicted octanol–water partition coefficient (Wildman–Crippen LogP) is 2.49. The van der Waals surface area contributed by atoms with Crippen molar-refractivity contribution in [1.29, 1.82) is 0 Å². The molecule has 1 aromatic rings. The number of carbonyl (C=O) groups excluding carboxylic acids is 1. The molecule has 0 atom stereocenters. The van der Waals surface area contributed by atoms with Crippen molar-refractivity contribution in [2.24, 2.45) is 0 Å². The van der Waals surface area contributed by atoms with E-state index < -0.39 is 0 Å². The molecule has 0 heterocycles. The Hall–Kier alpha value is -1.77. The first-order chi connectivity index (χ1) is 7.59. The number of hydrogen-bond donors (Lipinski definition) is 0. The first-order valence-electron chi connectivity index (χ1n) is 5.11. The molecular weight excluding hydrogens is 204 g/mol. The minimum atomic E-state index is -0.382. The molecule has 0 radical (unpaired) electrons. The van der Waals surface area contributed by atoms with Crippen LogP contribution < -0.4 is 4.74 Å². The van der Waals surface area contributed by atoms with Crippen LogP contribution in [0.1, 0.15) is 12.5 Å². The fourth-order valence-corrected chi connectivity index (χ4v) is 1.05. The van der Waals surface area contributed by atoms with Gasteiger partial charge in [-0.15, -0.1) is 0 Å². The molecule has 0 fully saturated rings. The van der Waals surface area contributed by atoms with Gasteiger partial charge in [-0.3, -0.25) is 0 Å². The highest BCUT2D eigenvalue weighted by atomic mass is 16.6. The van der Waals surface area contributed by atoms with Crippen molar-refractivity contribution in [1.82, 2.24) is 0 Å². The molecule has 3 nitrogen and oxygen atoms in total. The Morgan fingerprint density at radius 2 is 1.88 bits per heavy atom. The van der Waals surface area contributed by atoms with Crippen molar-refractivity contribution in [3.8, 4) is 5.75 Å². The van der Waals surface area contributed by atoms with E-state index in [9.17, 15) is 4.79 Å². The average molecular weight is 220 g/mol. The lowest BCUT2D eigenvalue weighted by Crippen LogP contribution is -2.12. The third-order valence-electron chi connectivity index (χ3n) is 1.95. The van der Waals surface area contributed by atoms with Crippen LogP contribution in [0.15, 0.2) is 36.4 Å². The largest absolute Gasteiger partial charge is 0.490 e. The van der Waals surface area contributed by atoms with Crippen molar-refractivity contribution in [3.05, 3.63) is 42.0 Å². The third kappa shape index (κ3) is 4.17. The van der Waals surface area contributed by atoms with E-state index in [-0.39, 0.29) is 12.6 Å². The molecule has 3 heteroatoms. The molecule has 0 aliphatic heterocycles. The van der Waals surface area contributed by atoms with Gasteiger partial charge in [-0.25, -0.2) is 4.79 Å². The van der Waals surface area contributed by atoms with Crippen molar-refractivity contribution in [3.63, 3.8) is 0 Å². The van der Waals surface area contributed by atoms with Gasteiger partial charge in [-0.1, -0.05) is 24.3 Å². The topological polar surface area (TPSA) is 35.5 Å². The van der Waals surface area contributed by atoms with Gasteiger partial charge in [-0.05, 0) is 26.0 Å². The van der Waals surface area contributed by atoms with Gasteiger partial charge in [0.15, 0.2) is 0 Å². The molecule has 0 unspecified atom stereocenters. The maximum Gasteiger partial charge on any atom is 0.333 e. The lowest BCUT2D eigenvalue weighted by molar-refractivity contribution is -0.139. The summed E-state index contributed by atoms with van der Waals surface area (Å²) in [7, 11) is 0. The molecule has 0 aliphatic rings. The summed E-state index contributed by atoms with van der Waals surface area (Å²) in [5.74, 6) is 0.393. The molecule has 0 amide bonds. The Kier molecular flexibility index (Phi) is 4.58. The van der Waals surface area contributed by atoms with E-state index in [0.717, 1.165) is 5.75 Å². The first-order valence-corrected chi connectivity index (χ1v) is 5.11. The molecule has 0 aromatic heterocycles. The van der Waals surface area contributed by atoms with E-state index in [1.807, 2.05) is 31.2 Å². The van der Waals surface area contributed by atoms with Crippen LogP contribution in [0.25, 0.3) is 0 Å². The second-order valence-electron chi connectivity index (χ2n) is 3.58. The zero-order chi connectivity index (χ0) is 12.0. The van der Waals surface area contributed by atoms with Gasteiger partial charge in [0.05, 0.1) is 0 Å². The van der Waals surface area contributed by atoms with Crippen LogP contribution in [0.3, 0.4) is 0 Å². The van der Waals surface area contributed by atoms with Crippen LogP contribution in [0.5, 0.6) is 5.75 Å². The van der Waals surface area contributed by atoms with Crippen molar-refractivity contribution in [2.45, 2.75) is 13.8 Å². The number of benzene rings is 1. The SMILES string of the molecule is C=C(C)C(=O)OCCOc1ccc(C)cc1. The van der Waals surface area contributed by atoms with Crippen LogP contribution in [-0.2, 0) is 9.53 Å². The summed E-state index contributed by atoms with van der Waals surface area (Å²) in [5.41, 5.74) is 1.58. The minimum absolute atomic E-state index is 0.236. The van der Waals surface area contributed by atoms with Crippen LogP contribution in [0, 0.1) is 6.92 Å². The maximum atomic E-state index is 11.0. The summed E-state index contributed by atoms with van der Waals surface area (Å²) in [6, 6.07) is 7.70. The normalized spacial score (nSPS) is 9.62. The van der Waals surface area contributed by atoms with Gasteiger partial charge in [0, 0.05) is 5.57 Å². The lowest BCUT2D eigenvalue weighted by atomic mass is 10.2. The average Bonchev–Trinajstić information content (AvgIpc) is 2.26. The number of aryl methyl sites for hydroxylation is 1. The molecule has 0 N–H and O–H groups in total. The summed E-state index contributed by atoms with van der Waals surface area (Å²) in [6.07, 6.45) is 0. The van der Waals surface area contributed by atoms with Gasteiger partial charge in [0.1, 0.15) is 19.0 Å². The highest BCUT2D eigenvalue weighted by molar-refractivity contribution is 5.86. The predicted molar refractivity (Wildman–Crippen MR) is 62.4 cm³/mol. The third-order valence-corrected chi connectivity index (χ3v) is 1.95. The van der Waals surface area contributed by atoms with E-state index >= 15 is 0 Å². The van der Waals surface area contributed by atoms with E-state index in [1.165, 1.54) is 5.56 Å². The number of hydrogen-bond acceptors (Lipinski definition) is 3. The highest BCUT2D eigenvalue weighted by Gasteiger charge is 2.02. The molecule has 0 aliphatic carbocycles. The quantitative estimate of drug-likeness (QED) is 0.434.